The van der Waals surface area contributed by atoms with E-state index in [2.05, 4.69) is 0 Å². The van der Waals surface area contributed by atoms with Crippen molar-refractivity contribution in [2.45, 2.75) is 39.5 Å². The van der Waals surface area contributed by atoms with Gasteiger partial charge in [0.05, 0.1) is 32.6 Å². The third-order valence-electron chi connectivity index (χ3n) is 3.25. The fourth-order valence-electron chi connectivity index (χ4n) is 1.64. The Kier molecular flexibility index (Phi) is 5.56. The Labute approximate surface area is 88.7 Å². The second-order valence-electron chi connectivity index (χ2n) is 3.83. The standard InChI is InChI=1S/C10H20F4N/c1-4-15(5-2,6-3)8-7-10(13,14)9(11)12/h9H,4-8H2,1-3H3/q+1. The first-order chi connectivity index (χ1) is 6.83. The van der Waals surface area contributed by atoms with Crippen molar-refractivity contribution >= 4 is 0 Å². The molecule has 0 aromatic carbocycles. The summed E-state index contributed by atoms with van der Waals surface area (Å²) in [5.41, 5.74) is 0. The van der Waals surface area contributed by atoms with E-state index < -0.39 is 18.8 Å². The Hall–Kier alpha value is -0.320. The Morgan fingerprint density at radius 3 is 1.67 bits per heavy atom. The molecule has 0 radical (unpaired) electrons. The summed E-state index contributed by atoms with van der Waals surface area (Å²) < 4.78 is 49.8. The first-order valence-corrected chi connectivity index (χ1v) is 5.34. The fourth-order valence-corrected chi connectivity index (χ4v) is 1.64. The second kappa shape index (κ2) is 5.68. The fraction of sp³-hybridized carbons (Fsp3) is 1.00. The summed E-state index contributed by atoms with van der Waals surface area (Å²) in [6.07, 6.45) is -4.29. The summed E-state index contributed by atoms with van der Waals surface area (Å²) in [6, 6.07) is 0. The van der Waals surface area contributed by atoms with Gasteiger partial charge in [0.25, 0.3) is 0 Å². The van der Waals surface area contributed by atoms with Gasteiger partial charge in [0, 0.05) is 0 Å². The summed E-state index contributed by atoms with van der Waals surface area (Å²) in [7, 11) is 0. The molecule has 0 bridgehead atoms. The lowest BCUT2D eigenvalue weighted by Gasteiger charge is -2.36. The third-order valence-corrected chi connectivity index (χ3v) is 3.25. The van der Waals surface area contributed by atoms with Crippen LogP contribution in [0.1, 0.15) is 27.2 Å². The zero-order chi connectivity index (χ0) is 12.1. The van der Waals surface area contributed by atoms with Crippen molar-refractivity contribution in [3.05, 3.63) is 0 Å². The van der Waals surface area contributed by atoms with Crippen LogP contribution in [0.15, 0.2) is 0 Å². The second-order valence-corrected chi connectivity index (χ2v) is 3.83. The molecule has 1 nitrogen and oxygen atoms in total. The van der Waals surface area contributed by atoms with Gasteiger partial charge in [-0.1, -0.05) is 0 Å². The van der Waals surface area contributed by atoms with Crippen LogP contribution in [0, 0.1) is 0 Å². The highest BCUT2D eigenvalue weighted by Crippen LogP contribution is 2.28. The highest BCUT2D eigenvalue weighted by Gasteiger charge is 2.42. The van der Waals surface area contributed by atoms with Crippen LogP contribution < -0.4 is 0 Å². The molecule has 15 heavy (non-hydrogen) atoms. The SMILES string of the molecule is CC[N+](CC)(CC)CCC(F)(F)C(F)F. The molecule has 0 spiro atoms. The van der Waals surface area contributed by atoms with Crippen LogP contribution in [-0.2, 0) is 0 Å². The molecule has 0 aliphatic carbocycles. The van der Waals surface area contributed by atoms with Crippen LogP contribution in [0.3, 0.4) is 0 Å². The van der Waals surface area contributed by atoms with E-state index in [0.717, 1.165) is 0 Å². The molecule has 0 aliphatic rings. The normalized spacial score (nSPS) is 13.6. The molecule has 0 aliphatic heterocycles. The van der Waals surface area contributed by atoms with Crippen molar-refractivity contribution in [2.24, 2.45) is 0 Å². The topological polar surface area (TPSA) is 0 Å². The van der Waals surface area contributed by atoms with Gasteiger partial charge in [0.15, 0.2) is 0 Å². The predicted molar refractivity (Wildman–Crippen MR) is 52.3 cm³/mol. The average Bonchev–Trinajstić information content (AvgIpc) is 2.20. The average molecular weight is 230 g/mol. The third kappa shape index (κ3) is 3.97. The quantitative estimate of drug-likeness (QED) is 0.465. The van der Waals surface area contributed by atoms with Gasteiger partial charge in [-0.3, -0.25) is 0 Å². The smallest absolute Gasteiger partial charge is 0.312 e. The highest BCUT2D eigenvalue weighted by atomic mass is 19.3. The number of quaternary nitrogens is 1. The van der Waals surface area contributed by atoms with Gasteiger partial charge in [-0.15, -0.1) is 0 Å². The summed E-state index contributed by atoms with van der Waals surface area (Å²) >= 11 is 0. The molecular weight excluding hydrogens is 210 g/mol. The molecule has 0 atom stereocenters. The van der Waals surface area contributed by atoms with Gasteiger partial charge >= 0.3 is 12.3 Å². The predicted octanol–water partition coefficient (Wildman–Crippen LogP) is 3.15. The van der Waals surface area contributed by atoms with Gasteiger partial charge in [-0.2, -0.15) is 0 Å². The molecular formula is C10H20F4N+. The van der Waals surface area contributed by atoms with Crippen molar-refractivity contribution in [3.8, 4) is 0 Å². The Balaban J connectivity index is 4.34. The van der Waals surface area contributed by atoms with Crippen LogP contribution in [0.5, 0.6) is 0 Å². The Bertz CT molecular complexity index is 170. The number of nitrogens with zero attached hydrogens (tertiary/aromatic N) is 1. The highest BCUT2D eigenvalue weighted by molar-refractivity contribution is 4.68. The van der Waals surface area contributed by atoms with E-state index in [9.17, 15) is 17.6 Å². The minimum Gasteiger partial charge on any atom is -0.324 e. The van der Waals surface area contributed by atoms with Gasteiger partial charge in [-0.05, 0) is 20.8 Å². The lowest BCUT2D eigenvalue weighted by molar-refractivity contribution is -0.924. The first kappa shape index (κ1) is 14.7. The number of rotatable bonds is 7. The molecule has 0 saturated heterocycles. The first-order valence-electron chi connectivity index (χ1n) is 5.34. The van der Waals surface area contributed by atoms with E-state index >= 15 is 0 Å². The van der Waals surface area contributed by atoms with E-state index in [4.69, 9.17) is 0 Å². The summed E-state index contributed by atoms with van der Waals surface area (Å²) in [4.78, 5) is 0. The lowest BCUT2D eigenvalue weighted by atomic mass is 10.2. The molecule has 0 aromatic rings. The van der Waals surface area contributed by atoms with E-state index in [1.54, 1.807) is 0 Å². The van der Waals surface area contributed by atoms with Crippen molar-refractivity contribution in [1.82, 2.24) is 0 Å². The largest absolute Gasteiger partial charge is 0.324 e. The molecule has 0 rings (SSSR count). The zero-order valence-electron chi connectivity index (χ0n) is 9.57. The maximum Gasteiger partial charge on any atom is 0.312 e. The van der Waals surface area contributed by atoms with E-state index in [-0.39, 0.29) is 6.54 Å². The van der Waals surface area contributed by atoms with Crippen LogP contribution in [0.4, 0.5) is 17.6 Å². The molecule has 0 unspecified atom stereocenters. The summed E-state index contributed by atoms with van der Waals surface area (Å²) in [5, 5.41) is 0. The lowest BCUT2D eigenvalue weighted by Crippen LogP contribution is -2.50. The number of hydrogen-bond acceptors (Lipinski definition) is 0. The maximum absolute atomic E-state index is 12.7. The minimum atomic E-state index is -3.84. The van der Waals surface area contributed by atoms with Gasteiger partial charge < -0.3 is 4.48 Å². The number of hydrogen-bond donors (Lipinski definition) is 0. The Morgan fingerprint density at radius 2 is 1.40 bits per heavy atom. The van der Waals surface area contributed by atoms with E-state index in [1.165, 1.54) is 0 Å². The summed E-state index contributed by atoms with van der Waals surface area (Å²) in [6.45, 7) is 7.90. The van der Waals surface area contributed by atoms with E-state index in [0.29, 0.717) is 24.1 Å². The molecule has 5 heteroatoms. The van der Waals surface area contributed by atoms with Crippen LogP contribution in [-0.4, -0.2) is 43.0 Å². The van der Waals surface area contributed by atoms with Gasteiger partial charge in [0.2, 0.25) is 0 Å². The number of halogens is 4. The van der Waals surface area contributed by atoms with Crippen LogP contribution >= 0.6 is 0 Å². The van der Waals surface area contributed by atoms with Crippen molar-refractivity contribution in [2.75, 3.05) is 26.2 Å². The molecule has 0 amide bonds. The molecule has 0 saturated carbocycles. The van der Waals surface area contributed by atoms with Crippen molar-refractivity contribution in [1.29, 1.82) is 0 Å². The van der Waals surface area contributed by atoms with E-state index in [1.807, 2.05) is 20.8 Å². The minimum absolute atomic E-state index is 0.112. The van der Waals surface area contributed by atoms with Crippen LogP contribution in [0.2, 0.25) is 0 Å². The zero-order valence-corrected chi connectivity index (χ0v) is 9.57. The van der Waals surface area contributed by atoms with Crippen molar-refractivity contribution < 1.29 is 22.0 Å². The molecule has 0 heterocycles. The van der Waals surface area contributed by atoms with Gasteiger partial charge in [-0.25, -0.2) is 17.6 Å². The molecule has 0 aromatic heterocycles. The number of alkyl halides is 4. The molecule has 0 fully saturated rings. The van der Waals surface area contributed by atoms with Gasteiger partial charge in [0.1, 0.15) is 0 Å². The monoisotopic (exact) mass is 230 g/mol. The molecule has 92 valence electrons. The van der Waals surface area contributed by atoms with Crippen molar-refractivity contribution in [3.63, 3.8) is 0 Å². The maximum atomic E-state index is 12.7. The Morgan fingerprint density at radius 1 is 1.00 bits per heavy atom. The summed E-state index contributed by atoms with van der Waals surface area (Å²) in [5.74, 6) is -3.84. The molecule has 0 N–H and O–H groups in total. The van der Waals surface area contributed by atoms with Crippen LogP contribution in [0.25, 0.3) is 0 Å².